The molecule has 7 heteroatoms. The molecule has 1 aromatic rings. The number of piperazine rings is 1. The molecule has 1 saturated heterocycles. The number of nitrogens with one attached hydrogen (secondary N) is 2. The number of rotatable bonds is 9. The molecule has 0 aliphatic carbocycles. The fourth-order valence-electron chi connectivity index (χ4n) is 3.08. The summed E-state index contributed by atoms with van der Waals surface area (Å²) in [5.74, 6) is 1.78. The molecule has 6 nitrogen and oxygen atoms in total. The van der Waals surface area contributed by atoms with Gasteiger partial charge in [-0.15, -0.1) is 24.0 Å². The Balaban J connectivity index is 0.00000364. The van der Waals surface area contributed by atoms with E-state index in [2.05, 4.69) is 38.5 Å². The van der Waals surface area contributed by atoms with Crippen LogP contribution in [0.15, 0.2) is 29.3 Å². The third-order valence-electron chi connectivity index (χ3n) is 4.73. The van der Waals surface area contributed by atoms with Gasteiger partial charge in [0.1, 0.15) is 5.75 Å². The van der Waals surface area contributed by atoms with Crippen LogP contribution in [-0.4, -0.2) is 75.7 Å². The highest BCUT2D eigenvalue weighted by Crippen LogP contribution is 2.17. The first-order valence-electron chi connectivity index (χ1n) is 9.79. The molecule has 0 atom stereocenters. The maximum atomic E-state index is 5.67. The number of nitrogens with zero attached hydrogens (tertiary/aromatic N) is 3. The van der Waals surface area contributed by atoms with E-state index in [4.69, 9.17) is 4.74 Å². The third kappa shape index (κ3) is 9.12. The Hall–Kier alpha value is -1.06. The zero-order valence-electron chi connectivity index (χ0n) is 17.0. The normalized spacial score (nSPS) is 15.9. The number of aliphatic imine (C=N–C) groups is 1. The van der Waals surface area contributed by atoms with Crippen LogP contribution in [-0.2, 0) is 6.54 Å². The predicted molar refractivity (Wildman–Crippen MR) is 124 cm³/mol. The summed E-state index contributed by atoms with van der Waals surface area (Å²) in [6.07, 6.45) is 2.38. The van der Waals surface area contributed by atoms with Gasteiger partial charge in [-0.25, -0.2) is 0 Å². The van der Waals surface area contributed by atoms with Gasteiger partial charge in [0.25, 0.3) is 0 Å². The number of hydrogen-bond donors (Lipinski definition) is 2. The summed E-state index contributed by atoms with van der Waals surface area (Å²) in [6, 6.07) is 8.13. The third-order valence-corrected chi connectivity index (χ3v) is 4.73. The number of para-hydroxylation sites is 1. The number of likely N-dealkylation sites (N-methyl/N-ethyl adjacent to an activating group) is 1. The van der Waals surface area contributed by atoms with Crippen molar-refractivity contribution in [1.29, 1.82) is 0 Å². The van der Waals surface area contributed by atoms with Gasteiger partial charge in [-0.3, -0.25) is 4.99 Å². The van der Waals surface area contributed by atoms with Gasteiger partial charge in [0.2, 0.25) is 0 Å². The van der Waals surface area contributed by atoms with Gasteiger partial charge in [-0.05, 0) is 39.4 Å². The number of unbranched alkanes of at least 4 members (excludes halogenated alkanes) is 1. The smallest absolute Gasteiger partial charge is 0.191 e. The fraction of sp³-hybridized carbons (Fsp3) is 0.650. The topological polar surface area (TPSA) is 52.1 Å². The van der Waals surface area contributed by atoms with Gasteiger partial charge in [0, 0.05) is 51.9 Å². The van der Waals surface area contributed by atoms with Crippen LogP contribution in [0.1, 0.15) is 25.3 Å². The van der Waals surface area contributed by atoms with E-state index in [0.717, 1.165) is 30.2 Å². The zero-order chi connectivity index (χ0) is 18.6. The molecule has 1 aromatic carbocycles. The van der Waals surface area contributed by atoms with E-state index < -0.39 is 0 Å². The van der Waals surface area contributed by atoms with E-state index in [-0.39, 0.29) is 24.0 Å². The standard InChI is InChI=1S/C20H35N5O.HI/c1-4-26-19-10-6-5-9-18(19)17-23-20(21-2)22-11-7-8-12-25-15-13-24(3)14-16-25;/h5-6,9-10H,4,7-8,11-17H2,1-3H3,(H2,21,22,23);1H. The van der Waals surface area contributed by atoms with E-state index in [1.54, 1.807) is 0 Å². The lowest BCUT2D eigenvalue weighted by molar-refractivity contribution is 0.152. The molecule has 1 fully saturated rings. The molecule has 2 rings (SSSR count). The van der Waals surface area contributed by atoms with Crippen LogP contribution in [0, 0.1) is 0 Å². The first kappa shape index (κ1) is 24.0. The Morgan fingerprint density at radius 3 is 2.56 bits per heavy atom. The molecular weight excluding hydrogens is 453 g/mol. The lowest BCUT2D eigenvalue weighted by atomic mass is 10.2. The molecular formula is C20H36IN5O. The molecule has 0 amide bonds. The van der Waals surface area contributed by atoms with E-state index in [1.807, 2.05) is 32.2 Å². The maximum absolute atomic E-state index is 5.67. The van der Waals surface area contributed by atoms with Crippen molar-refractivity contribution in [2.24, 2.45) is 4.99 Å². The number of benzene rings is 1. The molecule has 0 bridgehead atoms. The number of hydrogen-bond acceptors (Lipinski definition) is 4. The van der Waals surface area contributed by atoms with Gasteiger partial charge in [0.05, 0.1) is 6.61 Å². The van der Waals surface area contributed by atoms with Crippen LogP contribution in [0.2, 0.25) is 0 Å². The molecule has 0 saturated carbocycles. The van der Waals surface area contributed by atoms with Crippen LogP contribution in [0.4, 0.5) is 0 Å². The van der Waals surface area contributed by atoms with Gasteiger partial charge >= 0.3 is 0 Å². The molecule has 1 heterocycles. The second-order valence-corrected chi connectivity index (χ2v) is 6.75. The van der Waals surface area contributed by atoms with E-state index in [1.165, 1.54) is 39.1 Å². The van der Waals surface area contributed by atoms with Gasteiger partial charge in [-0.1, -0.05) is 18.2 Å². The van der Waals surface area contributed by atoms with Gasteiger partial charge in [0.15, 0.2) is 5.96 Å². The molecule has 0 aromatic heterocycles. The number of ether oxygens (including phenoxy) is 1. The summed E-state index contributed by atoms with van der Waals surface area (Å²) in [6.45, 7) is 10.3. The highest BCUT2D eigenvalue weighted by Gasteiger charge is 2.12. The van der Waals surface area contributed by atoms with Crippen molar-refractivity contribution in [3.8, 4) is 5.75 Å². The average Bonchev–Trinajstić information content (AvgIpc) is 2.67. The van der Waals surface area contributed by atoms with E-state index in [9.17, 15) is 0 Å². The van der Waals surface area contributed by atoms with E-state index >= 15 is 0 Å². The second-order valence-electron chi connectivity index (χ2n) is 6.75. The Morgan fingerprint density at radius 2 is 1.85 bits per heavy atom. The molecule has 1 aliphatic rings. The molecule has 2 N–H and O–H groups in total. The van der Waals surface area contributed by atoms with Gasteiger partial charge < -0.3 is 25.2 Å². The Bertz CT molecular complexity index is 547. The lowest BCUT2D eigenvalue weighted by Gasteiger charge is -2.32. The van der Waals surface area contributed by atoms with Crippen LogP contribution in [0.3, 0.4) is 0 Å². The van der Waals surface area contributed by atoms with Gasteiger partial charge in [-0.2, -0.15) is 0 Å². The van der Waals surface area contributed by atoms with Crippen LogP contribution >= 0.6 is 24.0 Å². The molecule has 27 heavy (non-hydrogen) atoms. The highest BCUT2D eigenvalue weighted by molar-refractivity contribution is 14.0. The van der Waals surface area contributed by atoms with Crippen molar-refractivity contribution in [1.82, 2.24) is 20.4 Å². The van der Waals surface area contributed by atoms with Crippen LogP contribution in [0.5, 0.6) is 5.75 Å². The van der Waals surface area contributed by atoms with Crippen molar-refractivity contribution >= 4 is 29.9 Å². The Labute approximate surface area is 181 Å². The minimum Gasteiger partial charge on any atom is -0.494 e. The van der Waals surface area contributed by atoms with Crippen LogP contribution < -0.4 is 15.4 Å². The minimum atomic E-state index is 0. The predicted octanol–water partition coefficient (Wildman–Crippen LogP) is 2.40. The molecule has 154 valence electrons. The summed E-state index contributed by atoms with van der Waals surface area (Å²) in [7, 11) is 4.01. The fourth-order valence-corrected chi connectivity index (χ4v) is 3.08. The van der Waals surface area contributed by atoms with Crippen molar-refractivity contribution in [3.63, 3.8) is 0 Å². The van der Waals surface area contributed by atoms with Crippen LogP contribution in [0.25, 0.3) is 0 Å². The quantitative estimate of drug-likeness (QED) is 0.242. The summed E-state index contributed by atoms with van der Waals surface area (Å²) in [5, 5.41) is 6.78. The largest absolute Gasteiger partial charge is 0.494 e. The average molecular weight is 489 g/mol. The highest BCUT2D eigenvalue weighted by atomic mass is 127. The van der Waals surface area contributed by atoms with E-state index in [0.29, 0.717) is 13.2 Å². The first-order valence-corrected chi connectivity index (χ1v) is 9.79. The minimum absolute atomic E-state index is 0. The van der Waals surface area contributed by atoms with Crippen molar-refractivity contribution in [2.75, 3.05) is 60.0 Å². The van der Waals surface area contributed by atoms with Crippen molar-refractivity contribution < 1.29 is 4.74 Å². The molecule has 0 spiro atoms. The maximum Gasteiger partial charge on any atom is 0.191 e. The second kappa shape index (κ2) is 14.0. The van der Waals surface area contributed by atoms with Crippen molar-refractivity contribution in [2.45, 2.75) is 26.3 Å². The number of guanidine groups is 1. The molecule has 0 radical (unpaired) electrons. The van der Waals surface area contributed by atoms with Crippen molar-refractivity contribution in [3.05, 3.63) is 29.8 Å². The Kier molecular flexibility index (Phi) is 12.4. The Morgan fingerprint density at radius 1 is 1.11 bits per heavy atom. The monoisotopic (exact) mass is 489 g/mol. The first-order chi connectivity index (χ1) is 12.7. The summed E-state index contributed by atoms with van der Waals surface area (Å²) in [4.78, 5) is 9.28. The lowest BCUT2D eigenvalue weighted by Crippen LogP contribution is -2.44. The summed E-state index contributed by atoms with van der Waals surface area (Å²) >= 11 is 0. The zero-order valence-corrected chi connectivity index (χ0v) is 19.4. The number of halogens is 1. The molecule has 0 unspecified atom stereocenters. The summed E-state index contributed by atoms with van der Waals surface area (Å²) in [5.41, 5.74) is 1.15. The molecule has 1 aliphatic heterocycles. The SMILES string of the molecule is CCOc1ccccc1CNC(=NC)NCCCCN1CCN(C)CC1.I. The summed E-state index contributed by atoms with van der Waals surface area (Å²) < 4.78 is 5.67.